The number of carbonyl (C=O) groups is 4. The Morgan fingerprint density at radius 3 is 2.35 bits per heavy atom. The number of nitrogens with one attached hydrogen (secondary N) is 3. The third kappa shape index (κ3) is 9.34. The van der Waals surface area contributed by atoms with Gasteiger partial charge in [0.1, 0.15) is 15.9 Å². The van der Waals surface area contributed by atoms with Crippen LogP contribution in [-0.2, 0) is 27.2 Å². The third-order valence-corrected chi connectivity index (χ3v) is 11.7. The molecule has 2 aromatic heterocycles. The molecule has 0 spiro atoms. The molecule has 0 bridgehead atoms. The first-order valence-electron chi connectivity index (χ1n) is 17.6. The quantitative estimate of drug-likeness (QED) is 0.0698. The molecular formula is C43H42N4O5S2. The summed E-state index contributed by atoms with van der Waals surface area (Å²) < 4.78 is 5.20. The number of thiophene rings is 1. The molecule has 0 aliphatic heterocycles. The number of hydrogen-bond acceptors (Lipinski definition) is 8. The van der Waals surface area contributed by atoms with Crippen LogP contribution in [0.4, 0.5) is 10.7 Å². The van der Waals surface area contributed by atoms with E-state index in [4.69, 9.17) is 4.74 Å². The lowest BCUT2D eigenvalue weighted by Gasteiger charge is -2.33. The number of thioether (sulfide) groups is 1. The molecule has 2 heterocycles. The van der Waals surface area contributed by atoms with Crippen LogP contribution in [0.2, 0.25) is 0 Å². The molecule has 11 heteroatoms. The number of esters is 1. The molecule has 6 rings (SSSR count). The van der Waals surface area contributed by atoms with Crippen LogP contribution in [0.5, 0.6) is 0 Å². The highest BCUT2D eigenvalue weighted by atomic mass is 32.2. The van der Waals surface area contributed by atoms with E-state index in [1.54, 1.807) is 73.1 Å². The lowest BCUT2D eigenvalue weighted by molar-refractivity contribution is -0.116. The van der Waals surface area contributed by atoms with E-state index in [2.05, 4.69) is 41.7 Å². The number of methoxy groups -OCH3 is 1. The van der Waals surface area contributed by atoms with Gasteiger partial charge in [0.25, 0.3) is 11.8 Å². The van der Waals surface area contributed by atoms with Crippen molar-refractivity contribution in [3.05, 3.63) is 148 Å². The minimum atomic E-state index is -0.699. The zero-order valence-electron chi connectivity index (χ0n) is 30.6. The Labute approximate surface area is 323 Å². The molecule has 9 nitrogen and oxygen atoms in total. The second-order valence-corrected chi connectivity index (χ2v) is 16.3. The van der Waals surface area contributed by atoms with Gasteiger partial charge in [-0.15, -0.1) is 23.1 Å². The molecule has 3 amide bonds. The van der Waals surface area contributed by atoms with Gasteiger partial charge in [-0.25, -0.2) is 4.79 Å². The van der Waals surface area contributed by atoms with Crippen LogP contribution in [0.1, 0.15) is 74.7 Å². The Morgan fingerprint density at radius 1 is 0.926 bits per heavy atom. The largest absolute Gasteiger partial charge is 0.465 e. The maximum atomic E-state index is 14.3. The maximum absolute atomic E-state index is 14.3. The number of nitrogens with zero attached hydrogens (tertiary/aromatic N) is 1. The number of anilines is 2. The van der Waals surface area contributed by atoms with Crippen LogP contribution in [0.3, 0.4) is 0 Å². The number of hydrogen-bond donors (Lipinski definition) is 3. The van der Waals surface area contributed by atoms with Gasteiger partial charge in [0.05, 0.1) is 12.7 Å². The highest BCUT2D eigenvalue weighted by molar-refractivity contribution is 8.00. The van der Waals surface area contributed by atoms with Crippen molar-refractivity contribution in [2.24, 2.45) is 11.3 Å². The first-order valence-corrected chi connectivity index (χ1v) is 19.3. The summed E-state index contributed by atoms with van der Waals surface area (Å²) >= 11 is 2.78. The minimum absolute atomic E-state index is 0.0327. The summed E-state index contributed by atoms with van der Waals surface area (Å²) in [4.78, 5) is 60.1. The van der Waals surface area contributed by atoms with Crippen LogP contribution in [0, 0.1) is 11.3 Å². The van der Waals surface area contributed by atoms with Gasteiger partial charge < -0.3 is 20.7 Å². The molecule has 0 fully saturated rings. The lowest BCUT2D eigenvalue weighted by atomic mass is 9.72. The van der Waals surface area contributed by atoms with Crippen molar-refractivity contribution in [2.45, 2.75) is 50.2 Å². The van der Waals surface area contributed by atoms with E-state index in [-0.39, 0.29) is 17.0 Å². The van der Waals surface area contributed by atoms with E-state index in [0.29, 0.717) is 33.3 Å². The molecule has 276 valence electrons. The van der Waals surface area contributed by atoms with Gasteiger partial charge in [-0.1, -0.05) is 81.4 Å². The Morgan fingerprint density at radius 2 is 1.67 bits per heavy atom. The van der Waals surface area contributed by atoms with Gasteiger partial charge in [0, 0.05) is 33.4 Å². The van der Waals surface area contributed by atoms with Crippen molar-refractivity contribution >= 4 is 63.6 Å². The SMILES string of the molecule is COC(=O)c1c(NC(=O)C(Sc2cccc(NC(=O)/C(=C/c3cccnc3)NC(=O)c3ccccc3)c2)c2ccccc2)sc2c1CCC(C(C)(C)C)C2. The smallest absolute Gasteiger partial charge is 0.341 e. The van der Waals surface area contributed by atoms with Crippen molar-refractivity contribution in [3.8, 4) is 0 Å². The van der Waals surface area contributed by atoms with Crippen LogP contribution < -0.4 is 16.0 Å². The molecule has 1 aliphatic rings. The predicted octanol–water partition coefficient (Wildman–Crippen LogP) is 8.96. The number of benzene rings is 3. The Kier molecular flexibility index (Phi) is 12.1. The fourth-order valence-corrected chi connectivity index (χ4v) is 8.76. The van der Waals surface area contributed by atoms with E-state index in [9.17, 15) is 19.2 Å². The first-order chi connectivity index (χ1) is 26.0. The molecule has 1 aliphatic carbocycles. The molecule has 0 radical (unpaired) electrons. The van der Waals surface area contributed by atoms with Crippen molar-refractivity contribution < 1.29 is 23.9 Å². The fraction of sp³-hybridized carbons (Fsp3) is 0.233. The number of amides is 3. The topological polar surface area (TPSA) is 126 Å². The van der Waals surface area contributed by atoms with Gasteiger partial charge in [-0.3, -0.25) is 19.4 Å². The summed E-state index contributed by atoms with van der Waals surface area (Å²) in [6, 6.07) is 28.8. The zero-order valence-corrected chi connectivity index (χ0v) is 32.2. The molecule has 0 saturated heterocycles. The minimum Gasteiger partial charge on any atom is -0.465 e. The molecule has 54 heavy (non-hydrogen) atoms. The normalized spacial score (nSPS) is 14.7. The standard InChI is InChI=1S/C43H42N4O5S2/c1-43(2,3)30-20-21-33-35(24-30)54-41(36(33)42(51)52-4)47-40(50)37(28-14-7-5-8-15-28)53-32-19-11-18-31(25-32)45-39(49)34(23-27-13-12-22-44-26-27)46-38(48)29-16-9-6-10-17-29/h5-19,22-23,25-26,30,37H,20-21,24H2,1-4H3,(H,45,49)(H,46,48)(H,47,50)/b34-23-. The number of ether oxygens (including phenoxy) is 1. The molecule has 0 saturated carbocycles. The Bertz CT molecular complexity index is 2160. The summed E-state index contributed by atoms with van der Waals surface area (Å²) in [6.45, 7) is 6.72. The predicted molar refractivity (Wildman–Crippen MR) is 215 cm³/mol. The highest BCUT2D eigenvalue weighted by Gasteiger charge is 2.35. The Hall–Kier alpha value is -5.52. The van der Waals surface area contributed by atoms with Gasteiger partial charge in [-0.2, -0.15) is 0 Å². The fourth-order valence-electron chi connectivity index (χ4n) is 6.36. The summed E-state index contributed by atoms with van der Waals surface area (Å²) in [5.41, 5.74) is 3.83. The van der Waals surface area contributed by atoms with Gasteiger partial charge in [0.15, 0.2) is 0 Å². The van der Waals surface area contributed by atoms with Gasteiger partial charge in [-0.05, 0) is 89.8 Å². The molecule has 3 aromatic carbocycles. The van der Waals surface area contributed by atoms with Crippen LogP contribution in [0.15, 0.2) is 120 Å². The van der Waals surface area contributed by atoms with Crippen LogP contribution >= 0.6 is 23.1 Å². The molecule has 5 aromatic rings. The maximum Gasteiger partial charge on any atom is 0.341 e. The van der Waals surface area contributed by atoms with Crippen LogP contribution in [-0.4, -0.2) is 35.8 Å². The summed E-state index contributed by atoms with van der Waals surface area (Å²) in [7, 11) is 1.36. The van der Waals surface area contributed by atoms with E-state index in [1.165, 1.54) is 30.2 Å². The average molecular weight is 759 g/mol. The number of rotatable bonds is 11. The molecular weight excluding hydrogens is 717 g/mol. The zero-order chi connectivity index (χ0) is 38.2. The number of pyridine rings is 1. The van der Waals surface area contributed by atoms with Crippen LogP contribution in [0.25, 0.3) is 6.08 Å². The van der Waals surface area contributed by atoms with E-state index in [1.807, 2.05) is 42.5 Å². The number of fused-ring (bicyclic) bond motifs is 1. The Balaban J connectivity index is 1.25. The molecule has 3 N–H and O–H groups in total. The second-order valence-electron chi connectivity index (χ2n) is 14.0. The van der Waals surface area contributed by atoms with E-state index < -0.39 is 23.0 Å². The van der Waals surface area contributed by atoms with Crippen molar-refractivity contribution in [1.29, 1.82) is 0 Å². The number of carbonyl (C=O) groups excluding carboxylic acids is 4. The van der Waals surface area contributed by atoms with E-state index in [0.717, 1.165) is 40.2 Å². The summed E-state index contributed by atoms with van der Waals surface area (Å²) in [5, 5.41) is 8.56. The van der Waals surface area contributed by atoms with Gasteiger partial charge >= 0.3 is 5.97 Å². The summed E-state index contributed by atoms with van der Waals surface area (Å²) in [5.74, 6) is -1.25. The van der Waals surface area contributed by atoms with Gasteiger partial charge in [0.2, 0.25) is 5.91 Å². The monoisotopic (exact) mass is 758 g/mol. The third-order valence-electron chi connectivity index (χ3n) is 9.33. The second kappa shape index (κ2) is 17.1. The summed E-state index contributed by atoms with van der Waals surface area (Å²) in [6.07, 6.45) is 7.33. The highest BCUT2D eigenvalue weighted by Crippen LogP contribution is 2.45. The molecule has 2 unspecified atom stereocenters. The first kappa shape index (κ1) is 38.2. The number of aromatic nitrogens is 1. The van der Waals surface area contributed by atoms with Crippen molar-refractivity contribution in [3.63, 3.8) is 0 Å². The molecule has 2 atom stereocenters. The van der Waals surface area contributed by atoms with E-state index >= 15 is 0 Å². The van der Waals surface area contributed by atoms with Crippen molar-refractivity contribution in [1.82, 2.24) is 10.3 Å². The van der Waals surface area contributed by atoms with Crippen molar-refractivity contribution in [2.75, 3.05) is 17.7 Å². The lowest BCUT2D eigenvalue weighted by Crippen LogP contribution is -2.30. The average Bonchev–Trinajstić information content (AvgIpc) is 3.54.